The van der Waals surface area contributed by atoms with E-state index in [2.05, 4.69) is 15.7 Å². The zero-order valence-corrected chi connectivity index (χ0v) is 8.96. The van der Waals surface area contributed by atoms with E-state index in [1.54, 1.807) is 0 Å². The van der Waals surface area contributed by atoms with Crippen molar-refractivity contribution in [3.8, 4) is 0 Å². The number of nitrogens with zero attached hydrogens (tertiary/aromatic N) is 1. The molecule has 0 heterocycles. The minimum absolute atomic E-state index is 0.427. The zero-order valence-electron chi connectivity index (χ0n) is 8.20. The van der Waals surface area contributed by atoms with E-state index in [9.17, 15) is 0 Å². The van der Waals surface area contributed by atoms with Crippen LogP contribution in [0, 0.1) is 0 Å². The Labute approximate surface area is 93.5 Å². The largest absolute Gasteiger partial charge is 0.325 e. The smallest absolute Gasteiger partial charge is 0.210 e. The van der Waals surface area contributed by atoms with Crippen LogP contribution in [-0.2, 0) is 0 Å². The van der Waals surface area contributed by atoms with Gasteiger partial charge in [-0.05, 0) is 37.1 Å². The summed E-state index contributed by atoms with van der Waals surface area (Å²) in [6, 6.07) is 7.81. The lowest BCUT2D eigenvalue weighted by molar-refractivity contribution is 0.966. The van der Waals surface area contributed by atoms with Crippen molar-refractivity contribution in [1.82, 2.24) is 5.43 Å². The number of hydrogen-bond donors (Lipinski definition) is 3. The fourth-order valence-corrected chi connectivity index (χ4v) is 1.29. The van der Waals surface area contributed by atoms with E-state index in [-0.39, 0.29) is 0 Å². The quantitative estimate of drug-likeness (QED) is 0.310. The highest BCUT2D eigenvalue weighted by molar-refractivity contribution is 6.30. The molecule has 0 amide bonds. The maximum absolute atomic E-state index is 5.78. The maximum Gasteiger partial charge on any atom is 0.210 e. The van der Waals surface area contributed by atoms with Gasteiger partial charge in [-0.15, -0.1) is 0 Å². The molecule has 80 valence electrons. The monoisotopic (exact) mass is 224 g/mol. The molecule has 1 aliphatic carbocycles. The number of hydrazine groups is 1. The Kier molecular flexibility index (Phi) is 3.08. The minimum atomic E-state index is 0.427. The highest BCUT2D eigenvalue weighted by atomic mass is 35.5. The summed E-state index contributed by atoms with van der Waals surface area (Å²) in [4.78, 5) is 4.36. The Bertz CT molecular complexity index is 356. The zero-order chi connectivity index (χ0) is 10.7. The third kappa shape index (κ3) is 3.11. The van der Waals surface area contributed by atoms with Crippen LogP contribution in [0.5, 0.6) is 0 Å². The van der Waals surface area contributed by atoms with E-state index in [4.69, 9.17) is 17.4 Å². The highest BCUT2D eigenvalue weighted by Crippen LogP contribution is 2.23. The van der Waals surface area contributed by atoms with Crippen LogP contribution in [0.1, 0.15) is 12.8 Å². The fraction of sp³-hybridized carbons (Fsp3) is 0.300. The summed E-state index contributed by atoms with van der Waals surface area (Å²) >= 11 is 5.78. The predicted octanol–water partition coefficient (Wildman–Crippen LogP) is 1.73. The van der Waals surface area contributed by atoms with Crippen LogP contribution in [0.25, 0.3) is 0 Å². The van der Waals surface area contributed by atoms with E-state index >= 15 is 0 Å². The Morgan fingerprint density at radius 1 is 1.33 bits per heavy atom. The van der Waals surface area contributed by atoms with Gasteiger partial charge in [0.15, 0.2) is 0 Å². The molecule has 4 N–H and O–H groups in total. The molecule has 1 saturated carbocycles. The molecule has 4 nitrogen and oxygen atoms in total. The van der Waals surface area contributed by atoms with Gasteiger partial charge in [0.1, 0.15) is 0 Å². The lowest BCUT2D eigenvalue weighted by Crippen LogP contribution is -2.36. The molecule has 2 rings (SSSR count). The molecule has 0 spiro atoms. The molecule has 15 heavy (non-hydrogen) atoms. The number of benzene rings is 1. The van der Waals surface area contributed by atoms with Gasteiger partial charge in [0.25, 0.3) is 0 Å². The molecule has 1 aromatic carbocycles. The molecule has 0 unspecified atom stereocenters. The third-order valence-electron chi connectivity index (χ3n) is 2.10. The molecular weight excluding hydrogens is 212 g/mol. The lowest BCUT2D eigenvalue weighted by Gasteiger charge is -2.08. The summed E-state index contributed by atoms with van der Waals surface area (Å²) in [5.41, 5.74) is 3.46. The normalized spacial score (nSPS) is 16.3. The van der Waals surface area contributed by atoms with E-state index in [1.165, 1.54) is 0 Å². The van der Waals surface area contributed by atoms with Gasteiger partial charge in [-0.2, -0.15) is 0 Å². The molecular formula is C10H13ClN4. The van der Waals surface area contributed by atoms with Crippen LogP contribution >= 0.6 is 11.6 Å². The molecule has 0 radical (unpaired) electrons. The number of aliphatic imine (C=N–C) groups is 1. The van der Waals surface area contributed by atoms with Crippen LogP contribution in [0.3, 0.4) is 0 Å². The molecule has 0 aromatic heterocycles. The average molecular weight is 225 g/mol. The van der Waals surface area contributed by atoms with Crippen molar-refractivity contribution in [2.24, 2.45) is 10.8 Å². The Morgan fingerprint density at radius 2 is 2.00 bits per heavy atom. The van der Waals surface area contributed by atoms with Crippen molar-refractivity contribution >= 4 is 23.2 Å². The van der Waals surface area contributed by atoms with Crippen LogP contribution in [0.2, 0.25) is 5.02 Å². The van der Waals surface area contributed by atoms with Gasteiger partial charge in [0.05, 0.1) is 6.04 Å². The van der Waals surface area contributed by atoms with Gasteiger partial charge in [0, 0.05) is 10.7 Å². The average Bonchev–Trinajstić information content (AvgIpc) is 3.04. The Hall–Kier alpha value is -1.26. The molecule has 1 fully saturated rings. The standard InChI is InChI=1S/C10H13ClN4/c11-7-1-3-8(4-2-7)13-10(15-12)14-9-5-6-9/h1-4,9H,5-6,12H2,(H2,13,14,15). The second kappa shape index (κ2) is 4.51. The topological polar surface area (TPSA) is 62.4 Å². The first kappa shape index (κ1) is 10.3. The summed E-state index contributed by atoms with van der Waals surface area (Å²) in [6.45, 7) is 0. The van der Waals surface area contributed by atoms with Crippen LogP contribution in [0.4, 0.5) is 5.69 Å². The van der Waals surface area contributed by atoms with Gasteiger partial charge in [-0.3, -0.25) is 5.43 Å². The SMILES string of the molecule is NNC(=NC1CC1)Nc1ccc(Cl)cc1. The van der Waals surface area contributed by atoms with Crippen molar-refractivity contribution in [2.45, 2.75) is 18.9 Å². The van der Waals surface area contributed by atoms with Crippen molar-refractivity contribution < 1.29 is 0 Å². The number of guanidine groups is 1. The van der Waals surface area contributed by atoms with Crippen molar-refractivity contribution in [3.05, 3.63) is 29.3 Å². The molecule has 5 heteroatoms. The predicted molar refractivity (Wildman–Crippen MR) is 62.9 cm³/mol. The summed E-state index contributed by atoms with van der Waals surface area (Å²) in [5.74, 6) is 5.95. The van der Waals surface area contributed by atoms with E-state index in [1.807, 2.05) is 24.3 Å². The second-order valence-electron chi connectivity index (χ2n) is 3.49. The number of rotatable bonds is 2. The van der Waals surface area contributed by atoms with Crippen molar-refractivity contribution in [1.29, 1.82) is 0 Å². The fourth-order valence-electron chi connectivity index (χ4n) is 1.16. The third-order valence-corrected chi connectivity index (χ3v) is 2.35. The number of nitrogens with two attached hydrogens (primary N) is 1. The first-order chi connectivity index (χ1) is 7.28. The second-order valence-corrected chi connectivity index (χ2v) is 3.92. The van der Waals surface area contributed by atoms with E-state index in [0.717, 1.165) is 18.5 Å². The molecule has 0 atom stereocenters. The lowest BCUT2D eigenvalue weighted by atomic mass is 10.3. The van der Waals surface area contributed by atoms with Gasteiger partial charge >= 0.3 is 0 Å². The maximum atomic E-state index is 5.78. The molecule has 0 aliphatic heterocycles. The van der Waals surface area contributed by atoms with Gasteiger partial charge in [0.2, 0.25) is 5.96 Å². The minimum Gasteiger partial charge on any atom is -0.325 e. The van der Waals surface area contributed by atoms with E-state index < -0.39 is 0 Å². The summed E-state index contributed by atoms with van der Waals surface area (Å²) in [6.07, 6.45) is 2.29. The Balaban J connectivity index is 2.02. The van der Waals surface area contributed by atoms with Crippen LogP contribution < -0.4 is 16.6 Å². The first-order valence-corrected chi connectivity index (χ1v) is 5.23. The highest BCUT2D eigenvalue weighted by Gasteiger charge is 2.20. The van der Waals surface area contributed by atoms with Gasteiger partial charge in [-0.25, -0.2) is 10.8 Å². The summed E-state index contributed by atoms with van der Waals surface area (Å²) < 4.78 is 0. The van der Waals surface area contributed by atoms with E-state index in [0.29, 0.717) is 17.0 Å². The van der Waals surface area contributed by atoms with Crippen molar-refractivity contribution in [3.63, 3.8) is 0 Å². The number of halogens is 1. The number of nitrogens with one attached hydrogen (secondary N) is 2. The first-order valence-electron chi connectivity index (χ1n) is 4.85. The molecule has 0 saturated heterocycles. The Morgan fingerprint density at radius 3 is 2.53 bits per heavy atom. The number of hydrogen-bond acceptors (Lipinski definition) is 2. The summed E-state index contributed by atoms with van der Waals surface area (Å²) in [5, 5.41) is 3.79. The molecule has 1 aliphatic rings. The van der Waals surface area contributed by atoms with Gasteiger partial charge < -0.3 is 5.32 Å². The molecule has 1 aromatic rings. The number of anilines is 1. The summed E-state index contributed by atoms with van der Waals surface area (Å²) in [7, 11) is 0. The van der Waals surface area contributed by atoms with Gasteiger partial charge in [-0.1, -0.05) is 11.6 Å². The van der Waals surface area contributed by atoms with Crippen molar-refractivity contribution in [2.75, 3.05) is 5.32 Å². The molecule has 0 bridgehead atoms. The van der Waals surface area contributed by atoms with Crippen LogP contribution in [0.15, 0.2) is 29.3 Å². The van der Waals surface area contributed by atoms with Crippen LogP contribution in [-0.4, -0.2) is 12.0 Å².